The Morgan fingerprint density at radius 2 is 2.05 bits per heavy atom. The lowest BCUT2D eigenvalue weighted by Crippen LogP contribution is -2.27. The predicted octanol–water partition coefficient (Wildman–Crippen LogP) is 4.84. The normalized spacial score (nSPS) is 26.3. The third-order valence-corrected chi connectivity index (χ3v) is 5.96. The Labute approximate surface area is 138 Å². The number of carbonyl (C=O) groups is 1. The number of anilines is 1. The van der Waals surface area contributed by atoms with Crippen LogP contribution in [0.3, 0.4) is 0 Å². The number of halogens is 1. The maximum Gasteiger partial charge on any atom is 0.229 e. The molecule has 1 aromatic carbocycles. The summed E-state index contributed by atoms with van der Waals surface area (Å²) in [6.07, 6.45) is 4.83. The number of rotatable bonds is 3. The van der Waals surface area contributed by atoms with Crippen molar-refractivity contribution < 1.29 is 4.79 Å². The van der Waals surface area contributed by atoms with Crippen LogP contribution in [0.25, 0.3) is 11.3 Å². The molecular formula is C17H17ClN2OS. The summed E-state index contributed by atoms with van der Waals surface area (Å²) in [6.45, 7) is 0. The first-order chi connectivity index (χ1) is 10.7. The van der Waals surface area contributed by atoms with Crippen LogP contribution in [0.1, 0.15) is 25.7 Å². The molecule has 5 heteroatoms. The average molecular weight is 333 g/mol. The zero-order chi connectivity index (χ0) is 15.1. The topological polar surface area (TPSA) is 42.0 Å². The van der Waals surface area contributed by atoms with Crippen molar-refractivity contribution in [3.05, 3.63) is 34.7 Å². The zero-order valence-corrected chi connectivity index (χ0v) is 13.7. The first-order valence-corrected chi connectivity index (χ1v) is 8.97. The van der Waals surface area contributed by atoms with Crippen LogP contribution >= 0.6 is 22.9 Å². The van der Waals surface area contributed by atoms with E-state index in [1.54, 1.807) is 0 Å². The molecule has 1 amide bonds. The number of carbonyl (C=O) groups excluding carboxylic acids is 1. The molecule has 2 aromatic rings. The van der Waals surface area contributed by atoms with Gasteiger partial charge in [-0.2, -0.15) is 0 Å². The fraction of sp³-hybridized carbons (Fsp3) is 0.412. The number of fused-ring (bicyclic) bond motifs is 2. The highest BCUT2D eigenvalue weighted by Gasteiger charge is 2.43. The van der Waals surface area contributed by atoms with Gasteiger partial charge in [-0.3, -0.25) is 4.79 Å². The Hall–Kier alpha value is -1.39. The van der Waals surface area contributed by atoms with E-state index in [0.29, 0.717) is 16.1 Å². The molecule has 1 N–H and O–H groups in total. The summed E-state index contributed by atoms with van der Waals surface area (Å²) in [4.78, 5) is 17.0. The van der Waals surface area contributed by atoms with Crippen LogP contribution in [0, 0.1) is 17.8 Å². The van der Waals surface area contributed by atoms with Crippen molar-refractivity contribution in [1.82, 2.24) is 4.98 Å². The molecule has 2 aliphatic rings. The van der Waals surface area contributed by atoms with Gasteiger partial charge >= 0.3 is 0 Å². The van der Waals surface area contributed by atoms with Gasteiger partial charge in [0.2, 0.25) is 5.91 Å². The Bertz CT molecular complexity index is 697. The molecule has 2 bridgehead atoms. The van der Waals surface area contributed by atoms with Crippen molar-refractivity contribution in [2.24, 2.45) is 17.8 Å². The summed E-state index contributed by atoms with van der Waals surface area (Å²) in [7, 11) is 0. The van der Waals surface area contributed by atoms with E-state index < -0.39 is 0 Å². The smallest absolute Gasteiger partial charge is 0.229 e. The summed E-state index contributed by atoms with van der Waals surface area (Å²) < 4.78 is 0. The molecule has 3 atom stereocenters. The van der Waals surface area contributed by atoms with E-state index in [0.717, 1.165) is 23.6 Å². The molecule has 114 valence electrons. The number of benzene rings is 1. The molecule has 2 fully saturated rings. The lowest BCUT2D eigenvalue weighted by atomic mass is 9.88. The van der Waals surface area contributed by atoms with Crippen LogP contribution in [-0.2, 0) is 4.79 Å². The minimum Gasteiger partial charge on any atom is -0.302 e. The van der Waals surface area contributed by atoms with E-state index in [9.17, 15) is 4.79 Å². The van der Waals surface area contributed by atoms with Gasteiger partial charge in [0.15, 0.2) is 5.13 Å². The predicted molar refractivity (Wildman–Crippen MR) is 90.1 cm³/mol. The molecule has 22 heavy (non-hydrogen) atoms. The number of amides is 1. The van der Waals surface area contributed by atoms with Crippen molar-refractivity contribution in [2.75, 3.05) is 5.32 Å². The average Bonchev–Trinajstić information content (AvgIpc) is 3.24. The Morgan fingerprint density at radius 3 is 2.73 bits per heavy atom. The largest absolute Gasteiger partial charge is 0.302 e. The molecule has 0 radical (unpaired) electrons. The number of nitrogens with one attached hydrogen (secondary N) is 1. The number of thiazole rings is 1. The molecule has 0 aliphatic heterocycles. The fourth-order valence-electron chi connectivity index (χ4n) is 3.85. The third kappa shape index (κ3) is 2.66. The molecule has 1 heterocycles. The van der Waals surface area contributed by atoms with E-state index in [4.69, 9.17) is 11.6 Å². The lowest BCUT2D eigenvalue weighted by molar-refractivity contribution is -0.121. The fourth-order valence-corrected chi connectivity index (χ4v) is 4.70. The van der Waals surface area contributed by atoms with Crippen LogP contribution in [-0.4, -0.2) is 10.9 Å². The Balaban J connectivity index is 1.45. The molecule has 0 spiro atoms. The quantitative estimate of drug-likeness (QED) is 0.874. The number of nitrogens with zero attached hydrogens (tertiary/aromatic N) is 1. The van der Waals surface area contributed by atoms with Crippen molar-refractivity contribution in [3.63, 3.8) is 0 Å². The standard InChI is InChI=1S/C17H17ClN2OS/c18-13-5-3-11(4-6-13)15-9-22-17(19-15)20-16(21)14-8-10-1-2-12(14)7-10/h3-6,9-10,12,14H,1-2,7-8H2,(H,19,20,21)/t10-,12+,14+/m1/s1. The monoisotopic (exact) mass is 332 g/mol. The molecule has 3 nitrogen and oxygen atoms in total. The van der Waals surface area contributed by atoms with Crippen LogP contribution in [0.15, 0.2) is 29.6 Å². The SMILES string of the molecule is O=C(Nc1nc(-c2ccc(Cl)cc2)cs1)[C@H]1C[C@@H]2CC[C@H]1C2. The van der Waals surface area contributed by atoms with Gasteiger partial charge in [0, 0.05) is 21.9 Å². The summed E-state index contributed by atoms with van der Waals surface area (Å²) in [5, 5.41) is 6.39. The second-order valence-electron chi connectivity index (χ2n) is 6.32. The first-order valence-electron chi connectivity index (χ1n) is 7.71. The van der Waals surface area contributed by atoms with Gasteiger partial charge in [-0.15, -0.1) is 11.3 Å². The number of hydrogen-bond donors (Lipinski definition) is 1. The van der Waals surface area contributed by atoms with Crippen LogP contribution in [0.2, 0.25) is 5.02 Å². The van der Waals surface area contributed by atoms with Gasteiger partial charge in [0.1, 0.15) is 0 Å². The van der Waals surface area contributed by atoms with Crippen molar-refractivity contribution in [1.29, 1.82) is 0 Å². The second kappa shape index (κ2) is 5.67. The maximum atomic E-state index is 12.4. The number of hydrogen-bond acceptors (Lipinski definition) is 3. The highest BCUT2D eigenvalue weighted by molar-refractivity contribution is 7.14. The van der Waals surface area contributed by atoms with Crippen LogP contribution in [0.5, 0.6) is 0 Å². The highest BCUT2D eigenvalue weighted by atomic mass is 35.5. The molecule has 2 aliphatic carbocycles. The van der Waals surface area contributed by atoms with E-state index in [1.807, 2.05) is 29.6 Å². The second-order valence-corrected chi connectivity index (χ2v) is 7.61. The van der Waals surface area contributed by atoms with E-state index in [2.05, 4.69) is 10.3 Å². The van der Waals surface area contributed by atoms with Gasteiger partial charge in [-0.25, -0.2) is 4.98 Å². The minimum absolute atomic E-state index is 0.157. The highest BCUT2D eigenvalue weighted by Crippen LogP contribution is 2.48. The minimum atomic E-state index is 0.157. The van der Waals surface area contributed by atoms with E-state index in [1.165, 1.54) is 30.6 Å². The van der Waals surface area contributed by atoms with Crippen molar-refractivity contribution in [3.8, 4) is 11.3 Å². The molecule has 4 rings (SSSR count). The van der Waals surface area contributed by atoms with Crippen molar-refractivity contribution >= 4 is 34.0 Å². The van der Waals surface area contributed by atoms with Gasteiger partial charge in [0.25, 0.3) is 0 Å². The van der Waals surface area contributed by atoms with Gasteiger partial charge in [-0.1, -0.05) is 30.2 Å². The number of aromatic nitrogens is 1. The van der Waals surface area contributed by atoms with Gasteiger partial charge in [0.05, 0.1) is 5.69 Å². The van der Waals surface area contributed by atoms with Crippen LogP contribution < -0.4 is 5.32 Å². The Morgan fingerprint density at radius 1 is 1.23 bits per heavy atom. The van der Waals surface area contributed by atoms with Crippen LogP contribution in [0.4, 0.5) is 5.13 Å². The molecule has 2 saturated carbocycles. The van der Waals surface area contributed by atoms with Gasteiger partial charge in [-0.05, 0) is 43.2 Å². The maximum absolute atomic E-state index is 12.4. The molecule has 0 saturated heterocycles. The zero-order valence-electron chi connectivity index (χ0n) is 12.1. The molecule has 1 aromatic heterocycles. The van der Waals surface area contributed by atoms with E-state index >= 15 is 0 Å². The van der Waals surface area contributed by atoms with E-state index in [-0.39, 0.29) is 11.8 Å². The lowest BCUT2D eigenvalue weighted by Gasteiger charge is -2.19. The first kappa shape index (κ1) is 14.2. The Kier molecular flexibility index (Phi) is 3.66. The summed E-state index contributed by atoms with van der Waals surface area (Å²) in [6, 6.07) is 7.59. The summed E-state index contributed by atoms with van der Waals surface area (Å²) in [5.41, 5.74) is 1.89. The van der Waals surface area contributed by atoms with Crippen molar-refractivity contribution in [2.45, 2.75) is 25.7 Å². The molecular weight excluding hydrogens is 316 g/mol. The van der Waals surface area contributed by atoms with Gasteiger partial charge < -0.3 is 5.32 Å². The molecule has 0 unspecified atom stereocenters. The summed E-state index contributed by atoms with van der Waals surface area (Å²) in [5.74, 6) is 1.73. The summed E-state index contributed by atoms with van der Waals surface area (Å²) >= 11 is 7.38. The third-order valence-electron chi connectivity index (χ3n) is 4.95.